The van der Waals surface area contributed by atoms with Gasteiger partial charge in [-0.05, 0) is 54.7 Å². The van der Waals surface area contributed by atoms with Gasteiger partial charge in [0.25, 0.3) is 5.91 Å². The lowest BCUT2D eigenvalue weighted by Crippen LogP contribution is -2.41. The Labute approximate surface area is 214 Å². The molecule has 5 N–H and O–H groups in total. The van der Waals surface area contributed by atoms with Crippen LogP contribution in [0.25, 0.3) is 11.3 Å². The van der Waals surface area contributed by atoms with Crippen molar-refractivity contribution in [2.75, 3.05) is 24.3 Å². The molecule has 5 rings (SSSR count). The molecular weight excluding hydrogens is 472 g/mol. The van der Waals surface area contributed by atoms with E-state index >= 15 is 0 Å². The van der Waals surface area contributed by atoms with Gasteiger partial charge in [0.15, 0.2) is 0 Å². The molecule has 3 aromatic rings. The van der Waals surface area contributed by atoms with E-state index in [2.05, 4.69) is 25.3 Å². The van der Waals surface area contributed by atoms with Crippen molar-refractivity contribution in [3.8, 4) is 11.3 Å². The van der Waals surface area contributed by atoms with E-state index in [0.29, 0.717) is 60.8 Å². The Hall–Kier alpha value is -4.18. The van der Waals surface area contributed by atoms with Crippen molar-refractivity contribution in [2.45, 2.75) is 44.7 Å². The summed E-state index contributed by atoms with van der Waals surface area (Å²) in [5, 5.41) is 5.58. The van der Waals surface area contributed by atoms with Crippen LogP contribution in [0.3, 0.4) is 0 Å². The molecule has 1 atom stereocenters. The largest absolute Gasteiger partial charge is 0.453 e. The number of aromatic nitrogens is 2. The maximum Gasteiger partial charge on any atom is 0.411 e. The van der Waals surface area contributed by atoms with Gasteiger partial charge in [-0.15, -0.1) is 0 Å². The van der Waals surface area contributed by atoms with Gasteiger partial charge in [0, 0.05) is 36.3 Å². The molecule has 0 spiro atoms. The third kappa shape index (κ3) is 5.05. The highest BCUT2D eigenvalue weighted by Gasteiger charge is 2.32. The molecule has 37 heavy (non-hydrogen) atoms. The topological polar surface area (TPSA) is 142 Å². The Morgan fingerprint density at radius 1 is 1.16 bits per heavy atom. The zero-order valence-corrected chi connectivity index (χ0v) is 20.7. The SMILES string of the molecule is COC(=O)Nc1ccc2c(c1)NC(=O)CCCC[C@H](N1CCc3cc(CN)ccc3C1=O)c1ncc-2[nH]1. The van der Waals surface area contributed by atoms with Gasteiger partial charge in [-0.25, -0.2) is 9.78 Å². The molecule has 3 amide bonds. The second-order valence-corrected chi connectivity index (χ2v) is 9.31. The number of nitrogens with zero attached hydrogens (tertiary/aromatic N) is 2. The summed E-state index contributed by atoms with van der Waals surface area (Å²) < 4.78 is 4.67. The van der Waals surface area contributed by atoms with E-state index in [0.717, 1.165) is 29.5 Å². The van der Waals surface area contributed by atoms with Crippen molar-refractivity contribution < 1.29 is 19.1 Å². The first-order valence-electron chi connectivity index (χ1n) is 12.4. The molecule has 0 saturated carbocycles. The average Bonchev–Trinajstić information content (AvgIpc) is 3.38. The van der Waals surface area contributed by atoms with E-state index in [-0.39, 0.29) is 17.9 Å². The minimum atomic E-state index is -0.599. The van der Waals surface area contributed by atoms with Crippen LogP contribution in [-0.4, -0.2) is 46.4 Å². The number of methoxy groups -OCH3 is 1. The Balaban J connectivity index is 1.49. The Kier molecular flexibility index (Phi) is 6.91. The summed E-state index contributed by atoms with van der Waals surface area (Å²) in [6.07, 6.45) is 4.33. The van der Waals surface area contributed by atoms with E-state index in [1.54, 1.807) is 24.4 Å². The second kappa shape index (κ2) is 10.4. The van der Waals surface area contributed by atoms with Gasteiger partial charge in [-0.3, -0.25) is 14.9 Å². The van der Waals surface area contributed by atoms with E-state index in [4.69, 9.17) is 5.73 Å². The summed E-state index contributed by atoms with van der Waals surface area (Å²) in [7, 11) is 1.29. The predicted molar refractivity (Wildman–Crippen MR) is 139 cm³/mol. The van der Waals surface area contributed by atoms with Gasteiger partial charge < -0.3 is 25.7 Å². The first-order valence-corrected chi connectivity index (χ1v) is 12.4. The van der Waals surface area contributed by atoms with E-state index in [1.165, 1.54) is 7.11 Å². The smallest absolute Gasteiger partial charge is 0.411 e. The van der Waals surface area contributed by atoms with E-state index in [9.17, 15) is 14.4 Å². The van der Waals surface area contributed by atoms with Crippen LogP contribution in [0.4, 0.5) is 16.2 Å². The van der Waals surface area contributed by atoms with Crippen molar-refractivity contribution in [2.24, 2.45) is 5.73 Å². The molecule has 10 heteroatoms. The van der Waals surface area contributed by atoms with Gasteiger partial charge in [-0.2, -0.15) is 0 Å². The highest BCUT2D eigenvalue weighted by Crippen LogP contribution is 2.35. The molecule has 2 bridgehead atoms. The molecule has 2 aromatic carbocycles. The maximum absolute atomic E-state index is 13.6. The molecule has 2 aliphatic rings. The number of carbonyl (C=O) groups is 3. The number of hydrogen-bond acceptors (Lipinski definition) is 6. The molecular formula is C27H30N6O4. The number of anilines is 2. The van der Waals surface area contributed by atoms with Gasteiger partial charge >= 0.3 is 6.09 Å². The summed E-state index contributed by atoms with van der Waals surface area (Å²) in [6.45, 7) is 1.03. The molecule has 2 aliphatic heterocycles. The Bertz CT molecular complexity index is 1350. The Morgan fingerprint density at radius 3 is 2.81 bits per heavy atom. The van der Waals surface area contributed by atoms with Gasteiger partial charge in [0.1, 0.15) is 5.82 Å². The highest BCUT2D eigenvalue weighted by molar-refractivity contribution is 5.98. The molecule has 1 aromatic heterocycles. The van der Waals surface area contributed by atoms with Crippen molar-refractivity contribution in [3.05, 3.63) is 65.1 Å². The number of nitrogens with two attached hydrogens (primary N) is 1. The van der Waals surface area contributed by atoms with Crippen LogP contribution in [0.15, 0.2) is 42.6 Å². The number of hydrogen-bond donors (Lipinski definition) is 4. The van der Waals surface area contributed by atoms with E-state index < -0.39 is 6.09 Å². The number of imidazole rings is 1. The fraction of sp³-hybridized carbons (Fsp3) is 0.333. The van der Waals surface area contributed by atoms with Crippen molar-refractivity contribution in [3.63, 3.8) is 0 Å². The number of rotatable bonds is 3. The number of fused-ring (bicyclic) bond motifs is 5. The lowest BCUT2D eigenvalue weighted by molar-refractivity contribution is -0.116. The average molecular weight is 503 g/mol. The van der Waals surface area contributed by atoms with Gasteiger partial charge in [0.05, 0.1) is 30.7 Å². The maximum atomic E-state index is 13.6. The lowest BCUT2D eigenvalue weighted by atomic mass is 9.94. The number of aromatic amines is 1. The molecule has 0 fully saturated rings. The number of nitrogens with one attached hydrogen (secondary N) is 3. The van der Waals surface area contributed by atoms with Crippen LogP contribution in [0.1, 0.15) is 59.0 Å². The number of ether oxygens (including phenoxy) is 1. The number of amides is 3. The monoisotopic (exact) mass is 502 g/mol. The zero-order valence-electron chi connectivity index (χ0n) is 20.7. The normalized spacial score (nSPS) is 17.6. The summed E-state index contributed by atoms with van der Waals surface area (Å²) in [5.74, 6) is 0.573. The zero-order chi connectivity index (χ0) is 25.9. The van der Waals surface area contributed by atoms with Crippen molar-refractivity contribution in [1.82, 2.24) is 14.9 Å². The predicted octanol–water partition coefficient (Wildman–Crippen LogP) is 3.97. The molecule has 0 saturated heterocycles. The third-order valence-electron chi connectivity index (χ3n) is 6.95. The standard InChI is InChI=1S/C27H30N6O4/c1-37-27(36)30-18-7-9-20-21(13-18)31-24(34)5-3-2-4-23(25-29-15-22(20)32-25)33-11-10-17-12-16(14-28)6-8-19(17)26(33)35/h6-9,12-13,15,23H,2-5,10-11,14,28H2,1H3,(H,29,32)(H,30,36)(H,31,34)/t23-/m0/s1. The first kappa shape index (κ1) is 24.5. The van der Waals surface area contributed by atoms with Crippen LogP contribution >= 0.6 is 0 Å². The van der Waals surface area contributed by atoms with Crippen LogP contribution in [-0.2, 0) is 22.5 Å². The van der Waals surface area contributed by atoms with Gasteiger partial charge in [-0.1, -0.05) is 18.6 Å². The third-order valence-corrected chi connectivity index (χ3v) is 6.95. The molecule has 3 heterocycles. The highest BCUT2D eigenvalue weighted by atomic mass is 16.5. The second-order valence-electron chi connectivity index (χ2n) is 9.31. The molecule has 0 aliphatic carbocycles. The van der Waals surface area contributed by atoms with Crippen LogP contribution in [0, 0.1) is 0 Å². The lowest BCUT2D eigenvalue weighted by Gasteiger charge is -2.35. The summed E-state index contributed by atoms with van der Waals surface area (Å²) in [6, 6.07) is 10.8. The molecule has 192 valence electrons. The van der Waals surface area contributed by atoms with Crippen LogP contribution in [0.2, 0.25) is 0 Å². The van der Waals surface area contributed by atoms with E-state index in [1.807, 2.05) is 23.1 Å². The number of H-pyrrole nitrogens is 1. The summed E-state index contributed by atoms with van der Waals surface area (Å²) >= 11 is 0. The fourth-order valence-electron chi connectivity index (χ4n) is 5.03. The first-order chi connectivity index (χ1) is 18.0. The fourth-order valence-corrected chi connectivity index (χ4v) is 5.03. The Morgan fingerprint density at radius 2 is 2.00 bits per heavy atom. The van der Waals surface area contributed by atoms with Crippen LogP contribution in [0.5, 0.6) is 0 Å². The van der Waals surface area contributed by atoms with Gasteiger partial charge in [0.2, 0.25) is 5.91 Å². The van der Waals surface area contributed by atoms with Crippen molar-refractivity contribution >= 4 is 29.3 Å². The molecule has 0 radical (unpaired) electrons. The van der Waals surface area contributed by atoms with Crippen molar-refractivity contribution in [1.29, 1.82) is 0 Å². The minimum Gasteiger partial charge on any atom is -0.453 e. The molecule has 10 nitrogen and oxygen atoms in total. The molecule has 0 unspecified atom stereocenters. The summed E-state index contributed by atoms with van der Waals surface area (Å²) in [4.78, 5) is 47.9. The summed E-state index contributed by atoms with van der Waals surface area (Å²) in [5.41, 5.74) is 11.0. The minimum absolute atomic E-state index is 0.0171. The number of benzene rings is 2. The number of carbonyl (C=O) groups excluding carboxylic acids is 3. The quantitative estimate of drug-likeness (QED) is 0.427. The van der Waals surface area contributed by atoms with Crippen LogP contribution < -0.4 is 16.4 Å².